The molecule has 0 spiro atoms. The van der Waals surface area contributed by atoms with Crippen LogP contribution in [0.1, 0.15) is 50.5 Å². The van der Waals surface area contributed by atoms with Crippen molar-refractivity contribution in [2.75, 3.05) is 13.7 Å². The van der Waals surface area contributed by atoms with E-state index in [1.54, 1.807) is 7.11 Å². The molecule has 0 heterocycles. The first kappa shape index (κ1) is 16.8. The molecular weight excluding hydrogens is 278 g/mol. The van der Waals surface area contributed by atoms with Crippen molar-refractivity contribution in [2.45, 2.75) is 51.0 Å². The molecule has 0 aliphatic heterocycles. The highest BCUT2D eigenvalue weighted by Gasteiger charge is 2.23. The lowest BCUT2D eigenvalue weighted by atomic mass is 9.86. The number of rotatable bonds is 6. The van der Waals surface area contributed by atoms with Gasteiger partial charge in [0, 0.05) is 18.9 Å². The monoisotopic (exact) mass is 305 g/mol. The van der Waals surface area contributed by atoms with Crippen molar-refractivity contribution < 1.29 is 14.6 Å². The Kier molecular flexibility index (Phi) is 6.25. The molecule has 3 atom stereocenters. The molecule has 1 amide bonds. The van der Waals surface area contributed by atoms with E-state index in [1.165, 1.54) is 0 Å². The van der Waals surface area contributed by atoms with Crippen molar-refractivity contribution >= 4 is 5.91 Å². The summed E-state index contributed by atoms with van der Waals surface area (Å²) < 4.78 is 5.22. The zero-order chi connectivity index (χ0) is 15.9. The molecule has 0 saturated heterocycles. The van der Waals surface area contributed by atoms with E-state index in [0.717, 1.165) is 37.0 Å². The van der Waals surface area contributed by atoms with E-state index in [1.807, 2.05) is 31.2 Å². The number of aliphatic hydroxyl groups excluding tert-OH is 1. The topological polar surface area (TPSA) is 58.6 Å². The molecule has 3 unspecified atom stereocenters. The summed E-state index contributed by atoms with van der Waals surface area (Å²) in [6.45, 7) is 2.63. The van der Waals surface area contributed by atoms with Crippen molar-refractivity contribution in [2.24, 2.45) is 5.92 Å². The van der Waals surface area contributed by atoms with E-state index in [0.29, 0.717) is 13.0 Å². The van der Waals surface area contributed by atoms with Crippen LogP contribution in [0, 0.1) is 5.92 Å². The summed E-state index contributed by atoms with van der Waals surface area (Å²) in [6.07, 6.45) is 4.31. The van der Waals surface area contributed by atoms with Gasteiger partial charge in [-0.05, 0) is 36.5 Å². The second kappa shape index (κ2) is 8.18. The number of nitrogens with one attached hydrogen (secondary N) is 1. The van der Waals surface area contributed by atoms with Gasteiger partial charge in [0.25, 0.3) is 0 Å². The minimum atomic E-state index is -0.259. The van der Waals surface area contributed by atoms with E-state index in [2.05, 4.69) is 5.32 Å². The lowest BCUT2D eigenvalue weighted by Crippen LogP contribution is -2.37. The van der Waals surface area contributed by atoms with Crippen LogP contribution in [-0.2, 0) is 4.79 Å². The highest BCUT2D eigenvalue weighted by Crippen LogP contribution is 2.25. The fourth-order valence-electron chi connectivity index (χ4n) is 3.09. The molecule has 4 nitrogen and oxygen atoms in total. The van der Waals surface area contributed by atoms with Crippen LogP contribution in [0.15, 0.2) is 24.3 Å². The van der Waals surface area contributed by atoms with Gasteiger partial charge in [0.1, 0.15) is 5.75 Å². The Morgan fingerprint density at radius 3 is 2.91 bits per heavy atom. The number of ether oxygens (including phenoxy) is 1. The van der Waals surface area contributed by atoms with Crippen LogP contribution in [-0.4, -0.2) is 30.8 Å². The van der Waals surface area contributed by atoms with Gasteiger partial charge in [0.15, 0.2) is 0 Å². The first-order valence-corrected chi connectivity index (χ1v) is 8.19. The molecular formula is C18H27NO3. The molecule has 22 heavy (non-hydrogen) atoms. The normalized spacial score (nSPS) is 22.9. The number of aliphatic hydroxyl groups is 1. The summed E-state index contributed by atoms with van der Waals surface area (Å²) in [4.78, 5) is 12.1. The second-order valence-corrected chi connectivity index (χ2v) is 6.30. The third-order valence-electron chi connectivity index (χ3n) is 4.58. The Balaban J connectivity index is 1.80. The standard InChI is InChI=1S/C18H27NO3/c1-13(14-7-5-8-16(11-14)22-2)10-18(21)19-12-15-6-3-4-9-17(15)20/h5,7-8,11,13,15,17,20H,3-4,6,9-10,12H2,1-2H3,(H,19,21). The highest BCUT2D eigenvalue weighted by atomic mass is 16.5. The molecule has 1 aromatic rings. The third kappa shape index (κ3) is 4.73. The van der Waals surface area contributed by atoms with Gasteiger partial charge >= 0.3 is 0 Å². The zero-order valence-corrected chi connectivity index (χ0v) is 13.5. The largest absolute Gasteiger partial charge is 0.497 e. The smallest absolute Gasteiger partial charge is 0.220 e. The maximum atomic E-state index is 12.1. The molecule has 1 aliphatic rings. The van der Waals surface area contributed by atoms with Crippen LogP contribution in [0.4, 0.5) is 0 Å². The number of benzene rings is 1. The molecule has 1 aliphatic carbocycles. The average Bonchev–Trinajstić information content (AvgIpc) is 2.54. The van der Waals surface area contributed by atoms with Crippen LogP contribution in [0.3, 0.4) is 0 Å². The van der Waals surface area contributed by atoms with Crippen LogP contribution in [0.25, 0.3) is 0 Å². The molecule has 2 N–H and O–H groups in total. The average molecular weight is 305 g/mol. The van der Waals surface area contributed by atoms with Gasteiger partial charge in [0.2, 0.25) is 5.91 Å². The Labute approximate surface area is 132 Å². The van der Waals surface area contributed by atoms with Crippen LogP contribution >= 0.6 is 0 Å². The van der Waals surface area contributed by atoms with E-state index in [-0.39, 0.29) is 23.8 Å². The fraction of sp³-hybridized carbons (Fsp3) is 0.611. The Morgan fingerprint density at radius 2 is 2.18 bits per heavy atom. The van der Waals surface area contributed by atoms with Gasteiger partial charge < -0.3 is 15.2 Å². The summed E-state index contributed by atoms with van der Waals surface area (Å²) in [6, 6.07) is 7.84. The SMILES string of the molecule is COc1cccc(C(C)CC(=O)NCC2CCCCC2O)c1. The fourth-order valence-corrected chi connectivity index (χ4v) is 3.09. The second-order valence-electron chi connectivity index (χ2n) is 6.30. The number of methoxy groups -OCH3 is 1. The minimum Gasteiger partial charge on any atom is -0.497 e. The maximum Gasteiger partial charge on any atom is 0.220 e. The van der Waals surface area contributed by atoms with Gasteiger partial charge in [-0.3, -0.25) is 4.79 Å². The maximum absolute atomic E-state index is 12.1. The van der Waals surface area contributed by atoms with Gasteiger partial charge in [-0.1, -0.05) is 31.9 Å². The van der Waals surface area contributed by atoms with Crippen LogP contribution in [0.2, 0.25) is 0 Å². The van der Waals surface area contributed by atoms with E-state index in [4.69, 9.17) is 4.74 Å². The van der Waals surface area contributed by atoms with Crippen LogP contribution in [0.5, 0.6) is 5.75 Å². The molecule has 1 aromatic carbocycles. The molecule has 0 radical (unpaired) electrons. The lowest BCUT2D eigenvalue weighted by molar-refractivity contribution is -0.121. The molecule has 0 bridgehead atoms. The first-order valence-electron chi connectivity index (χ1n) is 8.19. The van der Waals surface area contributed by atoms with Crippen molar-refractivity contribution in [1.82, 2.24) is 5.32 Å². The Hall–Kier alpha value is -1.55. The number of hydrogen-bond donors (Lipinski definition) is 2. The summed E-state index contributed by atoms with van der Waals surface area (Å²) in [5.41, 5.74) is 1.10. The molecule has 0 aromatic heterocycles. The summed E-state index contributed by atoms with van der Waals surface area (Å²) in [5, 5.41) is 12.9. The number of carbonyl (C=O) groups is 1. The predicted molar refractivity (Wildman–Crippen MR) is 87.0 cm³/mol. The van der Waals surface area contributed by atoms with Gasteiger partial charge in [-0.2, -0.15) is 0 Å². The van der Waals surface area contributed by atoms with Crippen molar-refractivity contribution in [3.8, 4) is 5.75 Å². The minimum absolute atomic E-state index is 0.0492. The molecule has 1 saturated carbocycles. The summed E-state index contributed by atoms with van der Waals surface area (Å²) in [7, 11) is 1.64. The molecule has 122 valence electrons. The van der Waals surface area contributed by atoms with Gasteiger partial charge in [-0.25, -0.2) is 0 Å². The number of hydrogen-bond acceptors (Lipinski definition) is 3. The van der Waals surface area contributed by atoms with Crippen LogP contribution < -0.4 is 10.1 Å². The number of amides is 1. The predicted octanol–water partition coefficient (Wildman–Crippen LogP) is 2.86. The van der Waals surface area contributed by atoms with Crippen molar-refractivity contribution in [3.63, 3.8) is 0 Å². The third-order valence-corrected chi connectivity index (χ3v) is 4.58. The molecule has 2 rings (SSSR count). The molecule has 4 heteroatoms. The van der Waals surface area contributed by atoms with Gasteiger partial charge in [-0.15, -0.1) is 0 Å². The molecule has 1 fully saturated rings. The first-order chi connectivity index (χ1) is 10.6. The van der Waals surface area contributed by atoms with Crippen molar-refractivity contribution in [3.05, 3.63) is 29.8 Å². The van der Waals surface area contributed by atoms with Crippen molar-refractivity contribution in [1.29, 1.82) is 0 Å². The number of carbonyl (C=O) groups excluding carboxylic acids is 1. The van der Waals surface area contributed by atoms with E-state index in [9.17, 15) is 9.90 Å². The Morgan fingerprint density at radius 1 is 1.41 bits per heavy atom. The highest BCUT2D eigenvalue weighted by molar-refractivity contribution is 5.76. The lowest BCUT2D eigenvalue weighted by Gasteiger charge is -2.27. The summed E-state index contributed by atoms with van der Waals surface area (Å²) in [5.74, 6) is 1.22. The van der Waals surface area contributed by atoms with E-state index >= 15 is 0 Å². The Bertz CT molecular complexity index is 489. The van der Waals surface area contributed by atoms with E-state index < -0.39 is 0 Å². The van der Waals surface area contributed by atoms with Gasteiger partial charge in [0.05, 0.1) is 13.2 Å². The summed E-state index contributed by atoms with van der Waals surface area (Å²) >= 11 is 0. The zero-order valence-electron chi connectivity index (χ0n) is 13.5. The quantitative estimate of drug-likeness (QED) is 0.849.